The lowest BCUT2D eigenvalue weighted by atomic mass is 9.75. The maximum absolute atomic E-state index is 12.0. The van der Waals surface area contributed by atoms with Gasteiger partial charge in [-0.25, -0.2) is 0 Å². The Morgan fingerprint density at radius 2 is 2.35 bits per heavy atom. The number of thiol groups is 1. The average Bonchev–Trinajstić information content (AvgIpc) is 2.63. The number of amides is 1. The van der Waals surface area contributed by atoms with Gasteiger partial charge in [-0.3, -0.25) is 4.79 Å². The molecule has 1 atom stereocenters. The molecule has 2 nitrogen and oxygen atoms in total. The second-order valence-electron chi connectivity index (χ2n) is 5.60. The normalized spacial score (nSPS) is 23.4. The minimum atomic E-state index is 0.0537. The summed E-state index contributed by atoms with van der Waals surface area (Å²) in [6, 6.07) is 2.16. The molecule has 1 aromatic heterocycles. The van der Waals surface area contributed by atoms with E-state index in [1.54, 1.807) is 0 Å². The smallest absolute Gasteiger partial charge is 0.261 e. The minimum absolute atomic E-state index is 0.0537. The highest BCUT2D eigenvalue weighted by Gasteiger charge is 2.29. The number of rotatable bonds is 2. The van der Waals surface area contributed by atoms with Gasteiger partial charge in [0.25, 0.3) is 5.91 Å². The van der Waals surface area contributed by atoms with Crippen LogP contribution in [0.25, 0.3) is 0 Å². The molecule has 0 aromatic carbocycles. The van der Waals surface area contributed by atoms with Crippen molar-refractivity contribution in [2.75, 3.05) is 0 Å². The molecule has 1 N–H and O–H groups in total. The van der Waals surface area contributed by atoms with Crippen LogP contribution in [-0.2, 0) is 0 Å². The first kappa shape index (κ1) is 13.0. The summed E-state index contributed by atoms with van der Waals surface area (Å²) in [5, 5.41) is 5.03. The highest BCUT2D eigenvalue weighted by Crippen LogP contribution is 2.35. The van der Waals surface area contributed by atoms with Gasteiger partial charge >= 0.3 is 0 Å². The van der Waals surface area contributed by atoms with Crippen LogP contribution < -0.4 is 5.32 Å². The van der Waals surface area contributed by atoms with Crippen molar-refractivity contribution >= 4 is 29.9 Å². The van der Waals surface area contributed by atoms with Crippen molar-refractivity contribution in [2.45, 2.75) is 50.5 Å². The van der Waals surface area contributed by atoms with Gasteiger partial charge in [0.1, 0.15) is 0 Å². The third-order valence-electron chi connectivity index (χ3n) is 3.35. The molecule has 0 radical (unpaired) electrons. The van der Waals surface area contributed by atoms with Gasteiger partial charge in [-0.15, -0.1) is 24.0 Å². The van der Waals surface area contributed by atoms with Crippen LogP contribution in [0.5, 0.6) is 0 Å². The van der Waals surface area contributed by atoms with E-state index in [4.69, 9.17) is 0 Å². The molecule has 0 bridgehead atoms. The van der Waals surface area contributed by atoms with E-state index in [1.807, 2.05) is 11.4 Å². The predicted molar refractivity (Wildman–Crippen MR) is 75.1 cm³/mol. The fraction of sp³-hybridized carbons (Fsp3) is 0.615. The van der Waals surface area contributed by atoms with Crippen LogP contribution in [0, 0.1) is 5.41 Å². The van der Waals surface area contributed by atoms with Crippen molar-refractivity contribution in [3.63, 3.8) is 0 Å². The second-order valence-corrected chi connectivity index (χ2v) is 7.03. The van der Waals surface area contributed by atoms with Crippen molar-refractivity contribution in [3.8, 4) is 0 Å². The standard InChI is InChI=1S/C13H19NOS2/c1-13(2)5-3-4-9(7-13)14-12(15)11-6-10(16)8-17-11/h6,8-9,16H,3-5,7H2,1-2H3,(H,14,15). The van der Waals surface area contributed by atoms with E-state index >= 15 is 0 Å². The van der Waals surface area contributed by atoms with Crippen LogP contribution in [-0.4, -0.2) is 11.9 Å². The zero-order chi connectivity index (χ0) is 12.5. The second kappa shape index (κ2) is 5.02. The van der Waals surface area contributed by atoms with Crippen LogP contribution in [0.1, 0.15) is 49.2 Å². The fourth-order valence-corrected chi connectivity index (χ4v) is 3.57. The Balaban J connectivity index is 1.95. The Morgan fingerprint density at radius 3 is 2.94 bits per heavy atom. The zero-order valence-corrected chi connectivity index (χ0v) is 12.0. The van der Waals surface area contributed by atoms with Crippen LogP contribution in [0.4, 0.5) is 0 Å². The number of thiophene rings is 1. The van der Waals surface area contributed by atoms with Crippen LogP contribution in [0.3, 0.4) is 0 Å². The number of nitrogens with one attached hydrogen (secondary N) is 1. The molecule has 1 aliphatic carbocycles. The van der Waals surface area contributed by atoms with Crippen LogP contribution in [0.2, 0.25) is 0 Å². The van der Waals surface area contributed by atoms with E-state index in [-0.39, 0.29) is 5.91 Å². The highest BCUT2D eigenvalue weighted by atomic mass is 32.1. The Bertz CT molecular complexity index is 411. The van der Waals surface area contributed by atoms with E-state index in [0.717, 1.165) is 22.6 Å². The molecule has 1 aliphatic rings. The molecule has 1 amide bonds. The van der Waals surface area contributed by atoms with Gasteiger partial charge in [-0.05, 0) is 30.7 Å². The number of carbonyl (C=O) groups is 1. The summed E-state index contributed by atoms with van der Waals surface area (Å²) in [5.74, 6) is 0.0537. The molecule has 1 fully saturated rings. The zero-order valence-electron chi connectivity index (χ0n) is 10.3. The molecule has 1 saturated carbocycles. The molecule has 17 heavy (non-hydrogen) atoms. The van der Waals surface area contributed by atoms with Gasteiger partial charge in [0.15, 0.2) is 0 Å². The Hall–Kier alpha value is -0.480. The monoisotopic (exact) mass is 269 g/mol. The van der Waals surface area contributed by atoms with Crippen LogP contribution in [0.15, 0.2) is 16.3 Å². The number of hydrogen-bond acceptors (Lipinski definition) is 3. The van der Waals surface area contributed by atoms with Gasteiger partial charge in [-0.1, -0.05) is 20.3 Å². The Labute approximate surface area is 112 Å². The van der Waals surface area contributed by atoms with Gasteiger partial charge in [-0.2, -0.15) is 0 Å². The minimum Gasteiger partial charge on any atom is -0.349 e. The molecule has 2 rings (SSSR count). The molecule has 1 heterocycles. The lowest BCUT2D eigenvalue weighted by molar-refractivity contribution is 0.0906. The predicted octanol–water partition coefficient (Wildman–Crippen LogP) is 3.74. The Kier molecular flexibility index (Phi) is 3.83. The summed E-state index contributed by atoms with van der Waals surface area (Å²) in [4.78, 5) is 13.6. The summed E-state index contributed by atoms with van der Waals surface area (Å²) >= 11 is 5.68. The summed E-state index contributed by atoms with van der Waals surface area (Å²) in [7, 11) is 0. The third kappa shape index (κ3) is 3.49. The van der Waals surface area contributed by atoms with E-state index in [0.29, 0.717) is 11.5 Å². The lowest BCUT2D eigenvalue weighted by Gasteiger charge is -2.35. The van der Waals surface area contributed by atoms with Crippen LogP contribution >= 0.6 is 24.0 Å². The molecule has 1 unspecified atom stereocenters. The topological polar surface area (TPSA) is 29.1 Å². The van der Waals surface area contributed by atoms with Crippen molar-refractivity contribution in [1.29, 1.82) is 0 Å². The lowest BCUT2D eigenvalue weighted by Crippen LogP contribution is -2.40. The van der Waals surface area contributed by atoms with E-state index in [9.17, 15) is 4.79 Å². The summed E-state index contributed by atoms with van der Waals surface area (Å²) in [6.07, 6.45) is 4.66. The van der Waals surface area contributed by atoms with Gasteiger partial charge in [0.05, 0.1) is 4.88 Å². The Morgan fingerprint density at radius 1 is 1.59 bits per heavy atom. The van der Waals surface area contributed by atoms with Crippen molar-refractivity contribution in [2.24, 2.45) is 5.41 Å². The summed E-state index contributed by atoms with van der Waals surface area (Å²) in [5.41, 5.74) is 0.361. The van der Waals surface area contributed by atoms with Gasteiger partial charge in [0.2, 0.25) is 0 Å². The molecule has 0 spiro atoms. The SMILES string of the molecule is CC1(C)CCCC(NC(=O)c2cc(S)cs2)C1. The van der Waals surface area contributed by atoms with E-state index in [2.05, 4.69) is 31.8 Å². The average molecular weight is 269 g/mol. The number of hydrogen-bond donors (Lipinski definition) is 2. The fourth-order valence-electron chi connectivity index (χ4n) is 2.52. The van der Waals surface area contributed by atoms with E-state index in [1.165, 1.54) is 24.2 Å². The van der Waals surface area contributed by atoms with Crippen molar-refractivity contribution in [3.05, 3.63) is 16.3 Å². The maximum Gasteiger partial charge on any atom is 0.261 e. The van der Waals surface area contributed by atoms with Crippen molar-refractivity contribution in [1.82, 2.24) is 5.32 Å². The van der Waals surface area contributed by atoms with E-state index < -0.39 is 0 Å². The quantitative estimate of drug-likeness (QED) is 0.787. The highest BCUT2D eigenvalue weighted by molar-refractivity contribution is 7.80. The molecule has 1 aromatic rings. The van der Waals surface area contributed by atoms with Gasteiger partial charge in [0, 0.05) is 16.3 Å². The van der Waals surface area contributed by atoms with Gasteiger partial charge < -0.3 is 5.32 Å². The first-order chi connectivity index (χ1) is 7.96. The molecule has 0 saturated heterocycles. The first-order valence-corrected chi connectivity index (χ1v) is 7.37. The number of carbonyl (C=O) groups excluding carboxylic acids is 1. The summed E-state index contributed by atoms with van der Waals surface area (Å²) < 4.78 is 0. The molecule has 4 heteroatoms. The largest absolute Gasteiger partial charge is 0.349 e. The van der Waals surface area contributed by atoms with Crippen molar-refractivity contribution < 1.29 is 4.79 Å². The molecular weight excluding hydrogens is 250 g/mol. The summed E-state index contributed by atoms with van der Waals surface area (Å²) in [6.45, 7) is 4.56. The first-order valence-electron chi connectivity index (χ1n) is 6.05. The molecular formula is C13H19NOS2. The maximum atomic E-state index is 12.0. The molecule has 94 valence electrons. The third-order valence-corrected chi connectivity index (χ3v) is 4.71. The molecule has 0 aliphatic heterocycles.